The third-order valence-corrected chi connectivity index (χ3v) is 3.48. The number of thiophene rings is 1. The number of aryl methyl sites for hydroxylation is 1. The van der Waals surface area contributed by atoms with E-state index in [1.165, 1.54) is 4.68 Å². The van der Waals surface area contributed by atoms with Gasteiger partial charge in [0, 0.05) is 5.56 Å². The van der Waals surface area contributed by atoms with E-state index < -0.39 is 0 Å². The molecular weight excluding hydrogens is 258 g/mol. The lowest BCUT2D eigenvalue weighted by atomic mass is 10.2. The van der Waals surface area contributed by atoms with Crippen molar-refractivity contribution in [3.8, 4) is 0 Å². The Morgan fingerprint density at radius 1 is 1.32 bits per heavy atom. The van der Waals surface area contributed by atoms with Gasteiger partial charge in [0.15, 0.2) is 0 Å². The summed E-state index contributed by atoms with van der Waals surface area (Å²) in [5.74, 6) is 0.579. The Bertz CT molecular complexity index is 803. The van der Waals surface area contributed by atoms with E-state index in [0.29, 0.717) is 16.7 Å². The Hall–Kier alpha value is -2.27. The van der Waals surface area contributed by atoms with Gasteiger partial charge in [0.25, 0.3) is 5.56 Å². The predicted octanol–water partition coefficient (Wildman–Crippen LogP) is 2.65. The van der Waals surface area contributed by atoms with Gasteiger partial charge < -0.3 is 0 Å². The first-order chi connectivity index (χ1) is 9.25. The molecule has 3 aromatic rings. The third-order valence-electron chi connectivity index (χ3n) is 2.78. The van der Waals surface area contributed by atoms with E-state index >= 15 is 0 Å². The summed E-state index contributed by atoms with van der Waals surface area (Å²) in [6, 6.07) is 9.24. The van der Waals surface area contributed by atoms with Gasteiger partial charge in [-0.1, -0.05) is 12.1 Å². The number of hydrogen-bond acceptors (Lipinski definition) is 4. The smallest absolute Gasteiger partial charge is 0.267 e. The van der Waals surface area contributed by atoms with Crippen LogP contribution in [0, 0.1) is 6.92 Å². The van der Waals surface area contributed by atoms with Crippen molar-refractivity contribution >= 4 is 28.5 Å². The number of hydrogen-bond donors (Lipinski definition) is 0. The van der Waals surface area contributed by atoms with Crippen LogP contribution in [-0.2, 0) is 0 Å². The molecule has 5 heteroatoms. The summed E-state index contributed by atoms with van der Waals surface area (Å²) in [4.78, 5) is 16.7. The van der Waals surface area contributed by atoms with E-state index in [1.54, 1.807) is 30.5 Å². The van der Waals surface area contributed by atoms with Crippen molar-refractivity contribution < 1.29 is 0 Å². The lowest BCUT2D eigenvalue weighted by molar-refractivity contribution is 0.771. The van der Waals surface area contributed by atoms with Gasteiger partial charge in [0.2, 0.25) is 0 Å². The molecule has 2 heterocycles. The first-order valence-corrected chi connectivity index (χ1v) is 6.75. The minimum absolute atomic E-state index is 0.144. The quantitative estimate of drug-likeness (QED) is 0.671. The Balaban J connectivity index is 2.16. The molecule has 0 aliphatic rings. The van der Waals surface area contributed by atoms with E-state index in [1.807, 2.05) is 35.0 Å². The molecule has 0 atom stereocenters. The van der Waals surface area contributed by atoms with Crippen LogP contribution in [0.5, 0.6) is 0 Å². The van der Waals surface area contributed by atoms with Crippen molar-refractivity contribution in [1.82, 2.24) is 9.66 Å². The van der Waals surface area contributed by atoms with Crippen molar-refractivity contribution in [1.29, 1.82) is 0 Å². The zero-order valence-electron chi connectivity index (χ0n) is 10.3. The summed E-state index contributed by atoms with van der Waals surface area (Å²) < 4.78 is 1.33. The lowest BCUT2D eigenvalue weighted by Crippen LogP contribution is -2.20. The highest BCUT2D eigenvalue weighted by Gasteiger charge is 2.05. The van der Waals surface area contributed by atoms with E-state index in [4.69, 9.17) is 0 Å². The van der Waals surface area contributed by atoms with E-state index in [-0.39, 0.29) is 5.56 Å². The van der Waals surface area contributed by atoms with Crippen LogP contribution in [0.4, 0.5) is 0 Å². The highest BCUT2D eigenvalue weighted by molar-refractivity contribution is 7.08. The lowest BCUT2D eigenvalue weighted by Gasteiger charge is -2.04. The Morgan fingerprint density at radius 2 is 2.16 bits per heavy atom. The van der Waals surface area contributed by atoms with Crippen LogP contribution in [0.25, 0.3) is 10.9 Å². The molecule has 1 aromatic carbocycles. The number of nitrogens with zero attached hydrogens (tertiary/aromatic N) is 3. The molecule has 0 radical (unpaired) electrons. The molecule has 0 N–H and O–H groups in total. The topological polar surface area (TPSA) is 47.2 Å². The number of para-hydroxylation sites is 1. The summed E-state index contributed by atoms with van der Waals surface area (Å²) in [5, 5.41) is 8.74. The summed E-state index contributed by atoms with van der Waals surface area (Å²) >= 11 is 1.59. The third kappa shape index (κ3) is 2.20. The molecular formula is C14H11N3OS. The fraction of sp³-hybridized carbons (Fsp3) is 0.0714. The molecule has 0 unspecified atom stereocenters. The number of fused-ring (bicyclic) bond motifs is 1. The largest absolute Gasteiger partial charge is 0.282 e. The van der Waals surface area contributed by atoms with Crippen LogP contribution in [-0.4, -0.2) is 15.9 Å². The monoisotopic (exact) mass is 269 g/mol. The second-order valence-electron chi connectivity index (χ2n) is 4.09. The van der Waals surface area contributed by atoms with Crippen LogP contribution in [0.15, 0.2) is 51.0 Å². The fourth-order valence-corrected chi connectivity index (χ4v) is 2.45. The zero-order chi connectivity index (χ0) is 13.2. The first kappa shape index (κ1) is 11.8. The molecule has 0 aliphatic heterocycles. The van der Waals surface area contributed by atoms with Gasteiger partial charge in [-0.05, 0) is 35.9 Å². The van der Waals surface area contributed by atoms with Gasteiger partial charge in [0.1, 0.15) is 5.82 Å². The van der Waals surface area contributed by atoms with Crippen molar-refractivity contribution in [3.63, 3.8) is 0 Å². The predicted molar refractivity (Wildman–Crippen MR) is 78.1 cm³/mol. The molecule has 4 nitrogen and oxygen atoms in total. The molecule has 2 aromatic heterocycles. The molecule has 0 saturated heterocycles. The second-order valence-corrected chi connectivity index (χ2v) is 4.87. The van der Waals surface area contributed by atoms with E-state index in [2.05, 4.69) is 10.1 Å². The number of benzene rings is 1. The Kier molecular flexibility index (Phi) is 2.97. The molecule has 0 aliphatic carbocycles. The van der Waals surface area contributed by atoms with Gasteiger partial charge in [-0.25, -0.2) is 4.98 Å². The van der Waals surface area contributed by atoms with E-state index in [0.717, 1.165) is 5.56 Å². The fourth-order valence-electron chi connectivity index (χ4n) is 1.84. The zero-order valence-corrected chi connectivity index (χ0v) is 11.1. The van der Waals surface area contributed by atoms with Crippen molar-refractivity contribution in [2.75, 3.05) is 0 Å². The maximum Gasteiger partial charge on any atom is 0.282 e. The number of aromatic nitrogens is 2. The maximum absolute atomic E-state index is 12.3. The molecule has 19 heavy (non-hydrogen) atoms. The molecule has 94 valence electrons. The standard InChI is InChI=1S/C14H11N3OS/c1-10-16-13-5-3-2-4-12(13)14(18)17(10)15-8-11-6-7-19-9-11/h2-9H,1H3/b15-8-. The van der Waals surface area contributed by atoms with Gasteiger partial charge >= 0.3 is 0 Å². The van der Waals surface area contributed by atoms with Gasteiger partial charge in [0.05, 0.1) is 17.1 Å². The van der Waals surface area contributed by atoms with Crippen LogP contribution in [0.1, 0.15) is 11.4 Å². The Morgan fingerprint density at radius 3 is 2.95 bits per heavy atom. The molecule has 0 spiro atoms. The minimum Gasteiger partial charge on any atom is -0.267 e. The van der Waals surface area contributed by atoms with Gasteiger partial charge in [-0.3, -0.25) is 4.79 Å². The highest BCUT2D eigenvalue weighted by atomic mass is 32.1. The van der Waals surface area contributed by atoms with Crippen LogP contribution >= 0.6 is 11.3 Å². The maximum atomic E-state index is 12.3. The normalized spacial score (nSPS) is 11.4. The van der Waals surface area contributed by atoms with Crippen molar-refractivity contribution in [2.24, 2.45) is 5.10 Å². The van der Waals surface area contributed by atoms with Crippen LogP contribution in [0.3, 0.4) is 0 Å². The molecule has 0 amide bonds. The second kappa shape index (κ2) is 4.78. The average molecular weight is 269 g/mol. The van der Waals surface area contributed by atoms with Crippen LogP contribution < -0.4 is 5.56 Å². The summed E-state index contributed by atoms with van der Waals surface area (Å²) in [6.45, 7) is 1.78. The molecule has 0 saturated carbocycles. The van der Waals surface area contributed by atoms with Crippen molar-refractivity contribution in [3.05, 3.63) is 62.8 Å². The SMILES string of the molecule is Cc1nc2ccccc2c(=O)n1/N=C\c1ccsc1. The first-order valence-electron chi connectivity index (χ1n) is 5.80. The van der Waals surface area contributed by atoms with Gasteiger partial charge in [-0.15, -0.1) is 0 Å². The average Bonchev–Trinajstić information content (AvgIpc) is 2.92. The number of rotatable bonds is 2. The van der Waals surface area contributed by atoms with E-state index in [9.17, 15) is 4.79 Å². The summed E-state index contributed by atoms with van der Waals surface area (Å²) in [5.41, 5.74) is 1.53. The van der Waals surface area contributed by atoms with Gasteiger partial charge in [-0.2, -0.15) is 21.1 Å². The highest BCUT2D eigenvalue weighted by Crippen LogP contribution is 2.07. The molecule has 0 bridgehead atoms. The minimum atomic E-state index is -0.144. The van der Waals surface area contributed by atoms with Crippen LogP contribution in [0.2, 0.25) is 0 Å². The summed E-state index contributed by atoms with van der Waals surface area (Å²) in [7, 11) is 0. The Labute approximate surface area is 113 Å². The molecule has 0 fully saturated rings. The van der Waals surface area contributed by atoms with Crippen molar-refractivity contribution in [2.45, 2.75) is 6.92 Å². The molecule has 3 rings (SSSR count). The summed E-state index contributed by atoms with van der Waals surface area (Å²) in [6.07, 6.45) is 1.67.